The zero-order chi connectivity index (χ0) is 17.8. The van der Waals surface area contributed by atoms with Crippen molar-refractivity contribution in [1.82, 2.24) is 10.3 Å². The Morgan fingerprint density at radius 1 is 1.32 bits per heavy atom. The maximum atomic E-state index is 14.4. The van der Waals surface area contributed by atoms with Gasteiger partial charge < -0.3 is 15.3 Å². The van der Waals surface area contributed by atoms with Crippen molar-refractivity contribution in [2.24, 2.45) is 0 Å². The molecule has 3 rings (SSSR count). The molecule has 6 heteroatoms. The second-order valence-corrected chi connectivity index (χ2v) is 6.37. The predicted octanol–water partition coefficient (Wildman–Crippen LogP) is 2.42. The van der Waals surface area contributed by atoms with E-state index in [-0.39, 0.29) is 24.4 Å². The van der Waals surface area contributed by atoms with Gasteiger partial charge in [-0.1, -0.05) is 6.07 Å². The largest absolute Gasteiger partial charge is 0.393 e. The Morgan fingerprint density at radius 2 is 2.08 bits per heavy atom. The Morgan fingerprint density at radius 3 is 2.72 bits per heavy atom. The average molecular weight is 343 g/mol. The third-order valence-electron chi connectivity index (χ3n) is 4.44. The molecule has 132 valence electrons. The molecule has 1 aliphatic heterocycles. The molecule has 0 atom stereocenters. The Balaban J connectivity index is 1.61. The Kier molecular flexibility index (Phi) is 5.28. The number of aromatic nitrogens is 1. The number of amides is 1. The molecule has 0 radical (unpaired) electrons. The molecular weight excluding hydrogens is 321 g/mol. The molecule has 25 heavy (non-hydrogen) atoms. The quantitative estimate of drug-likeness (QED) is 0.895. The molecule has 0 aliphatic carbocycles. The fourth-order valence-electron chi connectivity index (χ4n) is 2.91. The molecule has 1 amide bonds. The van der Waals surface area contributed by atoms with Crippen LogP contribution in [0.2, 0.25) is 0 Å². The minimum absolute atomic E-state index is 0.234. The molecule has 1 aromatic carbocycles. The van der Waals surface area contributed by atoms with E-state index in [1.54, 1.807) is 18.2 Å². The van der Waals surface area contributed by atoms with E-state index in [0.717, 1.165) is 5.69 Å². The van der Waals surface area contributed by atoms with Gasteiger partial charge in [-0.2, -0.15) is 0 Å². The van der Waals surface area contributed by atoms with Crippen LogP contribution in [0.15, 0.2) is 36.5 Å². The molecule has 2 aromatic rings. The number of pyridine rings is 1. The molecular formula is C19H22FN3O2. The zero-order valence-corrected chi connectivity index (χ0v) is 14.2. The minimum Gasteiger partial charge on any atom is -0.393 e. The number of aryl methyl sites for hydroxylation is 1. The summed E-state index contributed by atoms with van der Waals surface area (Å²) in [4.78, 5) is 18.1. The van der Waals surface area contributed by atoms with Crippen LogP contribution in [0, 0.1) is 12.7 Å². The number of nitrogens with zero attached hydrogens (tertiary/aromatic N) is 2. The lowest BCUT2D eigenvalue weighted by Gasteiger charge is -2.31. The second kappa shape index (κ2) is 7.61. The summed E-state index contributed by atoms with van der Waals surface area (Å²) in [6, 6.07) is 8.50. The van der Waals surface area contributed by atoms with E-state index < -0.39 is 0 Å². The number of halogens is 1. The van der Waals surface area contributed by atoms with Gasteiger partial charge in [-0.25, -0.2) is 4.39 Å². The molecule has 0 spiro atoms. The van der Waals surface area contributed by atoms with Gasteiger partial charge in [0, 0.05) is 31.5 Å². The SMILES string of the molecule is Cc1ccc(C(=O)NCc2ccc(N3CCC(O)CC3)c(F)c2)cn1. The maximum Gasteiger partial charge on any atom is 0.253 e. The van der Waals surface area contributed by atoms with Crippen LogP contribution < -0.4 is 10.2 Å². The fraction of sp³-hybridized carbons (Fsp3) is 0.368. The lowest BCUT2D eigenvalue weighted by molar-refractivity contribution is 0.0950. The van der Waals surface area contributed by atoms with Gasteiger partial charge in [0.25, 0.3) is 5.91 Å². The first-order valence-electron chi connectivity index (χ1n) is 8.45. The van der Waals surface area contributed by atoms with Crippen molar-refractivity contribution in [1.29, 1.82) is 0 Å². The second-order valence-electron chi connectivity index (χ2n) is 6.37. The van der Waals surface area contributed by atoms with Crippen LogP contribution in [-0.4, -0.2) is 35.2 Å². The molecule has 5 nitrogen and oxygen atoms in total. The van der Waals surface area contributed by atoms with Gasteiger partial charge in [0.15, 0.2) is 0 Å². The number of nitrogens with one attached hydrogen (secondary N) is 1. The Labute approximate surface area is 146 Å². The van der Waals surface area contributed by atoms with Crippen LogP contribution in [0.1, 0.15) is 34.5 Å². The van der Waals surface area contributed by atoms with E-state index in [9.17, 15) is 14.3 Å². The van der Waals surface area contributed by atoms with Crippen molar-refractivity contribution >= 4 is 11.6 Å². The maximum absolute atomic E-state index is 14.4. The number of piperidine rings is 1. The Hall–Kier alpha value is -2.47. The van der Waals surface area contributed by atoms with Crippen molar-refractivity contribution in [3.63, 3.8) is 0 Å². The number of rotatable bonds is 4. The van der Waals surface area contributed by atoms with Crippen molar-refractivity contribution in [2.75, 3.05) is 18.0 Å². The minimum atomic E-state index is -0.305. The first-order valence-corrected chi connectivity index (χ1v) is 8.45. The standard InChI is InChI=1S/C19H22FN3O2/c1-13-2-4-15(12-21-13)19(25)22-11-14-3-5-18(17(20)10-14)23-8-6-16(24)7-9-23/h2-5,10,12,16,24H,6-9,11H2,1H3,(H,22,25). The van der Waals surface area contributed by atoms with E-state index in [0.29, 0.717) is 42.7 Å². The van der Waals surface area contributed by atoms with E-state index in [1.807, 2.05) is 17.9 Å². The number of benzene rings is 1. The van der Waals surface area contributed by atoms with Crippen molar-refractivity contribution in [3.8, 4) is 0 Å². The number of hydrogen-bond acceptors (Lipinski definition) is 4. The predicted molar refractivity (Wildman–Crippen MR) is 94.0 cm³/mol. The summed E-state index contributed by atoms with van der Waals surface area (Å²) < 4.78 is 14.4. The number of carbonyl (C=O) groups excluding carboxylic acids is 1. The monoisotopic (exact) mass is 343 g/mol. The van der Waals surface area contributed by atoms with Crippen LogP contribution >= 0.6 is 0 Å². The Bertz CT molecular complexity index is 741. The highest BCUT2D eigenvalue weighted by molar-refractivity contribution is 5.93. The van der Waals surface area contributed by atoms with Crippen LogP contribution in [0.25, 0.3) is 0 Å². The van der Waals surface area contributed by atoms with Gasteiger partial charge in [-0.15, -0.1) is 0 Å². The highest BCUT2D eigenvalue weighted by Gasteiger charge is 2.19. The first kappa shape index (κ1) is 17.4. The normalized spacial score (nSPS) is 15.2. The summed E-state index contributed by atoms with van der Waals surface area (Å²) >= 11 is 0. The summed E-state index contributed by atoms with van der Waals surface area (Å²) in [5.41, 5.74) is 2.57. The van der Waals surface area contributed by atoms with Crippen LogP contribution in [0.3, 0.4) is 0 Å². The summed E-state index contributed by atoms with van der Waals surface area (Å²) in [5, 5.41) is 12.3. The third-order valence-corrected chi connectivity index (χ3v) is 4.44. The van der Waals surface area contributed by atoms with Gasteiger partial charge >= 0.3 is 0 Å². The van der Waals surface area contributed by atoms with E-state index in [4.69, 9.17) is 0 Å². The molecule has 0 saturated carbocycles. The van der Waals surface area contributed by atoms with E-state index >= 15 is 0 Å². The van der Waals surface area contributed by atoms with Gasteiger partial charge in [0.1, 0.15) is 5.82 Å². The summed E-state index contributed by atoms with van der Waals surface area (Å²) in [7, 11) is 0. The highest BCUT2D eigenvalue weighted by atomic mass is 19.1. The summed E-state index contributed by atoms with van der Waals surface area (Å²) in [6.45, 7) is 3.40. The van der Waals surface area contributed by atoms with Crippen molar-refractivity contribution < 1.29 is 14.3 Å². The molecule has 1 fully saturated rings. The van der Waals surface area contributed by atoms with E-state index in [1.165, 1.54) is 12.3 Å². The lowest BCUT2D eigenvalue weighted by atomic mass is 10.1. The van der Waals surface area contributed by atoms with Gasteiger partial charge in [0.05, 0.1) is 17.4 Å². The number of aliphatic hydroxyl groups is 1. The summed E-state index contributed by atoms with van der Waals surface area (Å²) in [6.07, 6.45) is 2.55. The zero-order valence-electron chi connectivity index (χ0n) is 14.2. The van der Waals surface area contributed by atoms with Crippen LogP contribution in [-0.2, 0) is 6.54 Å². The number of carbonyl (C=O) groups is 1. The number of anilines is 1. The number of aliphatic hydroxyl groups excluding tert-OH is 1. The smallest absolute Gasteiger partial charge is 0.253 e. The van der Waals surface area contributed by atoms with Crippen LogP contribution in [0.4, 0.5) is 10.1 Å². The van der Waals surface area contributed by atoms with Gasteiger partial charge in [-0.3, -0.25) is 9.78 Å². The first-order chi connectivity index (χ1) is 12.0. The van der Waals surface area contributed by atoms with Crippen LogP contribution in [0.5, 0.6) is 0 Å². The van der Waals surface area contributed by atoms with Crippen molar-refractivity contribution in [2.45, 2.75) is 32.4 Å². The fourth-order valence-corrected chi connectivity index (χ4v) is 2.91. The van der Waals surface area contributed by atoms with Gasteiger partial charge in [0.2, 0.25) is 0 Å². The van der Waals surface area contributed by atoms with Crippen molar-refractivity contribution in [3.05, 3.63) is 59.2 Å². The lowest BCUT2D eigenvalue weighted by Crippen LogP contribution is -2.36. The molecule has 1 saturated heterocycles. The number of hydrogen-bond donors (Lipinski definition) is 2. The molecule has 1 aliphatic rings. The molecule has 0 unspecified atom stereocenters. The van der Waals surface area contributed by atoms with E-state index in [2.05, 4.69) is 10.3 Å². The molecule has 2 N–H and O–H groups in total. The molecule has 1 aromatic heterocycles. The molecule has 2 heterocycles. The highest BCUT2D eigenvalue weighted by Crippen LogP contribution is 2.24. The molecule has 0 bridgehead atoms. The summed E-state index contributed by atoms with van der Waals surface area (Å²) in [5.74, 6) is -0.540. The van der Waals surface area contributed by atoms with Gasteiger partial charge in [-0.05, 0) is 49.6 Å². The average Bonchev–Trinajstić information content (AvgIpc) is 2.61. The third kappa shape index (κ3) is 4.33. The topological polar surface area (TPSA) is 65.5 Å².